The molecule has 2 aliphatic heterocycles. The first-order chi connectivity index (χ1) is 13.4. The van der Waals surface area contributed by atoms with Crippen molar-refractivity contribution in [1.29, 1.82) is 0 Å². The van der Waals surface area contributed by atoms with Crippen LogP contribution in [0.15, 0.2) is 23.4 Å². The standard InChI is InChI=1S/C19H25N5O3S/c1-19(2,3)24-18(20-21-22-24)28-12-17(25)23-8-4-5-14(23)13-6-7-15-16(11-13)27-10-9-26-15/h6-7,11,14H,4-5,8-10,12H2,1-3H3/t14-/m1/s1. The van der Waals surface area contributed by atoms with Gasteiger partial charge in [0.2, 0.25) is 11.1 Å². The Morgan fingerprint density at radius 2 is 2.04 bits per heavy atom. The van der Waals surface area contributed by atoms with Gasteiger partial charge in [0.25, 0.3) is 0 Å². The Bertz CT molecular complexity index is 863. The molecule has 150 valence electrons. The van der Waals surface area contributed by atoms with Gasteiger partial charge < -0.3 is 14.4 Å². The molecule has 8 nitrogen and oxygen atoms in total. The molecule has 9 heteroatoms. The van der Waals surface area contributed by atoms with Crippen molar-refractivity contribution in [2.45, 2.75) is 50.4 Å². The number of carbonyl (C=O) groups excluding carboxylic acids is 1. The number of nitrogens with zero attached hydrogens (tertiary/aromatic N) is 5. The average Bonchev–Trinajstić information content (AvgIpc) is 3.35. The largest absolute Gasteiger partial charge is 0.486 e. The number of rotatable bonds is 4. The van der Waals surface area contributed by atoms with Crippen LogP contribution in [0.4, 0.5) is 0 Å². The Morgan fingerprint density at radius 3 is 2.82 bits per heavy atom. The monoisotopic (exact) mass is 403 g/mol. The van der Waals surface area contributed by atoms with Gasteiger partial charge in [0, 0.05) is 6.54 Å². The molecule has 1 saturated heterocycles. The summed E-state index contributed by atoms with van der Waals surface area (Å²) in [6.07, 6.45) is 1.95. The number of tetrazole rings is 1. The van der Waals surface area contributed by atoms with Crippen molar-refractivity contribution in [3.63, 3.8) is 0 Å². The van der Waals surface area contributed by atoms with Crippen molar-refractivity contribution in [2.24, 2.45) is 0 Å². The zero-order chi connectivity index (χ0) is 19.7. The lowest BCUT2D eigenvalue weighted by atomic mass is 10.0. The van der Waals surface area contributed by atoms with Crippen molar-refractivity contribution in [2.75, 3.05) is 25.5 Å². The predicted molar refractivity (Wildman–Crippen MR) is 105 cm³/mol. The molecular weight excluding hydrogens is 378 g/mol. The molecule has 0 N–H and O–H groups in total. The molecular formula is C19H25N5O3S. The van der Waals surface area contributed by atoms with E-state index in [0.29, 0.717) is 24.1 Å². The molecule has 0 unspecified atom stereocenters. The van der Waals surface area contributed by atoms with Gasteiger partial charge in [-0.2, -0.15) is 0 Å². The fourth-order valence-corrected chi connectivity index (χ4v) is 4.52. The normalized spacial score (nSPS) is 19.1. The van der Waals surface area contributed by atoms with Crippen LogP contribution < -0.4 is 9.47 Å². The minimum atomic E-state index is -0.226. The number of carbonyl (C=O) groups is 1. The summed E-state index contributed by atoms with van der Waals surface area (Å²) in [5.41, 5.74) is 0.871. The highest BCUT2D eigenvalue weighted by molar-refractivity contribution is 7.99. The Labute approximate surface area is 168 Å². The molecule has 0 saturated carbocycles. The number of likely N-dealkylation sites (tertiary alicyclic amines) is 1. The lowest BCUT2D eigenvalue weighted by molar-refractivity contribution is -0.129. The van der Waals surface area contributed by atoms with Crippen LogP contribution in [0.3, 0.4) is 0 Å². The Hall–Kier alpha value is -2.29. The summed E-state index contributed by atoms with van der Waals surface area (Å²) in [5.74, 6) is 1.96. The second-order valence-corrected chi connectivity index (χ2v) is 8.92. The highest BCUT2D eigenvalue weighted by atomic mass is 32.2. The van der Waals surface area contributed by atoms with E-state index in [1.54, 1.807) is 4.68 Å². The van der Waals surface area contributed by atoms with Gasteiger partial charge in [-0.1, -0.05) is 17.8 Å². The number of hydrogen-bond acceptors (Lipinski definition) is 7. The smallest absolute Gasteiger partial charge is 0.233 e. The fourth-order valence-electron chi connectivity index (χ4n) is 3.58. The molecule has 1 aromatic heterocycles. The highest BCUT2D eigenvalue weighted by Crippen LogP contribution is 2.38. The summed E-state index contributed by atoms with van der Waals surface area (Å²) in [6, 6.07) is 6.06. The van der Waals surface area contributed by atoms with Gasteiger partial charge in [0.05, 0.1) is 17.3 Å². The van der Waals surface area contributed by atoms with Gasteiger partial charge in [-0.3, -0.25) is 4.79 Å². The summed E-state index contributed by atoms with van der Waals surface area (Å²) >= 11 is 1.39. The lowest BCUT2D eigenvalue weighted by Crippen LogP contribution is -2.32. The molecule has 2 aliphatic rings. The molecule has 28 heavy (non-hydrogen) atoms. The second kappa shape index (κ2) is 7.62. The van der Waals surface area contributed by atoms with Crippen LogP contribution >= 0.6 is 11.8 Å². The van der Waals surface area contributed by atoms with Crippen LogP contribution in [0.1, 0.15) is 45.2 Å². The van der Waals surface area contributed by atoms with Gasteiger partial charge in [-0.15, -0.1) is 5.10 Å². The van der Waals surface area contributed by atoms with Gasteiger partial charge >= 0.3 is 0 Å². The van der Waals surface area contributed by atoms with E-state index in [1.165, 1.54) is 11.8 Å². The van der Waals surface area contributed by atoms with E-state index in [2.05, 4.69) is 15.5 Å². The van der Waals surface area contributed by atoms with Crippen molar-refractivity contribution in [3.05, 3.63) is 23.8 Å². The molecule has 0 aliphatic carbocycles. The molecule has 1 amide bonds. The van der Waals surface area contributed by atoms with Crippen molar-refractivity contribution >= 4 is 17.7 Å². The number of fused-ring (bicyclic) bond motifs is 1. The zero-order valence-electron chi connectivity index (χ0n) is 16.4. The molecule has 1 atom stereocenters. The zero-order valence-corrected chi connectivity index (χ0v) is 17.2. The SMILES string of the molecule is CC(C)(C)n1nnnc1SCC(=O)N1CCC[C@@H]1c1ccc2c(c1)OCCO2. The van der Waals surface area contributed by atoms with Crippen LogP contribution in [0.25, 0.3) is 0 Å². The van der Waals surface area contributed by atoms with Crippen LogP contribution in [0, 0.1) is 0 Å². The van der Waals surface area contributed by atoms with Gasteiger partial charge in [0.1, 0.15) is 13.2 Å². The van der Waals surface area contributed by atoms with Crippen LogP contribution in [-0.2, 0) is 10.3 Å². The van der Waals surface area contributed by atoms with Gasteiger partial charge in [-0.25, -0.2) is 4.68 Å². The topological polar surface area (TPSA) is 82.4 Å². The number of ether oxygens (including phenoxy) is 2. The number of benzene rings is 1. The maximum Gasteiger partial charge on any atom is 0.233 e. The quantitative estimate of drug-likeness (QED) is 0.726. The van der Waals surface area contributed by atoms with Gasteiger partial charge in [0.15, 0.2) is 11.5 Å². The van der Waals surface area contributed by atoms with E-state index in [4.69, 9.17) is 9.47 Å². The molecule has 0 radical (unpaired) electrons. The Morgan fingerprint density at radius 1 is 1.25 bits per heavy atom. The van der Waals surface area contributed by atoms with Gasteiger partial charge in [-0.05, 0) is 61.7 Å². The van der Waals surface area contributed by atoms with Crippen molar-refractivity contribution < 1.29 is 14.3 Å². The minimum Gasteiger partial charge on any atom is -0.486 e. The van der Waals surface area contributed by atoms with E-state index in [-0.39, 0.29) is 17.5 Å². The molecule has 1 aromatic carbocycles. The molecule has 0 spiro atoms. The van der Waals surface area contributed by atoms with Crippen LogP contribution in [0.2, 0.25) is 0 Å². The Kier molecular flexibility index (Phi) is 5.18. The third kappa shape index (κ3) is 3.80. The molecule has 0 bridgehead atoms. The number of amides is 1. The molecule has 3 heterocycles. The lowest BCUT2D eigenvalue weighted by Gasteiger charge is -2.27. The molecule has 2 aromatic rings. The molecule has 1 fully saturated rings. The summed E-state index contributed by atoms with van der Waals surface area (Å²) < 4.78 is 13.1. The molecule has 4 rings (SSSR count). The summed E-state index contributed by atoms with van der Waals surface area (Å²) in [7, 11) is 0. The average molecular weight is 404 g/mol. The van der Waals surface area contributed by atoms with Crippen molar-refractivity contribution in [1.82, 2.24) is 25.1 Å². The first-order valence-electron chi connectivity index (χ1n) is 9.54. The number of aromatic nitrogens is 4. The third-order valence-corrected chi connectivity index (χ3v) is 5.83. The second-order valence-electron chi connectivity index (χ2n) is 7.98. The summed E-state index contributed by atoms with van der Waals surface area (Å²) in [5, 5.41) is 12.5. The highest BCUT2D eigenvalue weighted by Gasteiger charge is 2.31. The Balaban J connectivity index is 1.45. The fraction of sp³-hybridized carbons (Fsp3) is 0.579. The maximum atomic E-state index is 12.9. The number of thioether (sulfide) groups is 1. The van der Waals surface area contributed by atoms with Crippen LogP contribution in [-0.4, -0.2) is 56.5 Å². The first-order valence-corrected chi connectivity index (χ1v) is 10.5. The maximum absolute atomic E-state index is 12.9. The van der Waals surface area contributed by atoms with E-state index in [1.807, 2.05) is 43.9 Å². The van der Waals surface area contributed by atoms with E-state index < -0.39 is 0 Å². The summed E-state index contributed by atoms with van der Waals surface area (Å²) in [4.78, 5) is 14.9. The van der Waals surface area contributed by atoms with E-state index in [0.717, 1.165) is 36.4 Å². The van der Waals surface area contributed by atoms with E-state index >= 15 is 0 Å². The van der Waals surface area contributed by atoms with E-state index in [9.17, 15) is 4.79 Å². The first kappa shape index (κ1) is 19.0. The van der Waals surface area contributed by atoms with Crippen molar-refractivity contribution in [3.8, 4) is 11.5 Å². The minimum absolute atomic E-state index is 0.0718. The predicted octanol–water partition coefficient (Wildman–Crippen LogP) is 2.66. The summed E-state index contributed by atoms with van der Waals surface area (Å²) in [6.45, 7) is 8.01. The number of hydrogen-bond donors (Lipinski definition) is 0. The third-order valence-electron chi connectivity index (χ3n) is 4.93. The van der Waals surface area contributed by atoms with Crippen LogP contribution in [0.5, 0.6) is 11.5 Å².